The number of aliphatic hydroxyl groups is 1. The van der Waals surface area contributed by atoms with Crippen molar-refractivity contribution in [1.29, 1.82) is 5.26 Å². The summed E-state index contributed by atoms with van der Waals surface area (Å²) in [5, 5.41) is 23.9. The maximum Gasteiger partial charge on any atom is 0.234 e. The van der Waals surface area contributed by atoms with Gasteiger partial charge in [-0.3, -0.25) is 9.69 Å². The molecule has 7 rings (SSSR count). The minimum Gasteiger partial charge on any atom is -0.392 e. The van der Waals surface area contributed by atoms with Crippen LogP contribution in [-0.2, 0) is 11.3 Å². The van der Waals surface area contributed by atoms with Crippen LogP contribution in [0.5, 0.6) is 0 Å². The number of amides is 1. The minimum atomic E-state index is -0.371. The number of carbonyl (C=O) groups is 1. The Hall–Kier alpha value is -2.69. The molecule has 1 amide bonds. The molecule has 2 unspecified atom stereocenters. The van der Waals surface area contributed by atoms with Crippen molar-refractivity contribution in [2.75, 3.05) is 19.6 Å². The lowest BCUT2D eigenvalue weighted by Gasteiger charge is -2.59. The van der Waals surface area contributed by atoms with E-state index in [9.17, 15) is 9.90 Å². The Morgan fingerprint density at radius 3 is 2.46 bits per heavy atom. The summed E-state index contributed by atoms with van der Waals surface area (Å²) in [7, 11) is 0. The van der Waals surface area contributed by atoms with Crippen LogP contribution in [0.3, 0.4) is 0 Å². The zero-order valence-electron chi connectivity index (χ0n) is 20.3. The zero-order chi connectivity index (χ0) is 24.0. The summed E-state index contributed by atoms with van der Waals surface area (Å²) in [6.45, 7) is 2.39. The molecular weight excluding hydrogens is 438 g/mol. The molecule has 2 atom stereocenters. The second-order valence-corrected chi connectivity index (χ2v) is 11.6. The van der Waals surface area contributed by atoms with Crippen LogP contribution in [0, 0.1) is 34.5 Å². The molecule has 2 aromatic rings. The van der Waals surface area contributed by atoms with E-state index in [-0.39, 0.29) is 23.5 Å². The van der Waals surface area contributed by atoms with Crippen LogP contribution in [0.25, 0.3) is 0 Å². The van der Waals surface area contributed by atoms with Gasteiger partial charge in [0.15, 0.2) is 0 Å². The Bertz CT molecular complexity index is 1080. The molecule has 2 N–H and O–H groups in total. The van der Waals surface area contributed by atoms with Gasteiger partial charge in [0.1, 0.15) is 0 Å². The molecule has 1 aromatic heterocycles. The quantitative estimate of drug-likeness (QED) is 0.644. The molecule has 1 saturated heterocycles. The van der Waals surface area contributed by atoms with Crippen LogP contribution >= 0.6 is 0 Å². The van der Waals surface area contributed by atoms with Gasteiger partial charge in [0.25, 0.3) is 0 Å². The van der Waals surface area contributed by atoms with Crippen molar-refractivity contribution < 1.29 is 9.90 Å². The van der Waals surface area contributed by atoms with Gasteiger partial charge in [-0.2, -0.15) is 5.26 Å². The molecule has 0 spiro atoms. The average molecular weight is 474 g/mol. The second-order valence-electron chi connectivity index (χ2n) is 11.6. The van der Waals surface area contributed by atoms with Crippen molar-refractivity contribution in [3.63, 3.8) is 0 Å². The molecule has 4 saturated carbocycles. The number of aromatic nitrogens is 2. The van der Waals surface area contributed by atoms with E-state index in [1.54, 1.807) is 0 Å². The van der Waals surface area contributed by atoms with E-state index in [4.69, 9.17) is 5.26 Å². The van der Waals surface area contributed by atoms with E-state index in [0.29, 0.717) is 31.6 Å². The highest BCUT2D eigenvalue weighted by molar-refractivity contribution is 5.78. The molecule has 1 aromatic carbocycles. The molecule has 2 heterocycles. The van der Waals surface area contributed by atoms with Gasteiger partial charge < -0.3 is 15.0 Å². The SMILES string of the molecule is N#Cc1ccc(Cn2cncc2C(CC(O)C23CC4CC(CC(C4)C2)C3)N2CCNC(=O)C2)cc1. The highest BCUT2D eigenvalue weighted by Crippen LogP contribution is 2.62. The molecule has 35 heavy (non-hydrogen) atoms. The number of carbonyl (C=O) groups excluding carboxylic acids is 1. The highest BCUT2D eigenvalue weighted by atomic mass is 16.3. The predicted octanol–water partition coefficient (Wildman–Crippen LogP) is 3.24. The lowest BCUT2D eigenvalue weighted by molar-refractivity contribution is -0.132. The molecule has 7 nitrogen and oxygen atoms in total. The van der Waals surface area contributed by atoms with Crippen molar-refractivity contribution in [1.82, 2.24) is 19.8 Å². The summed E-state index contributed by atoms with van der Waals surface area (Å²) >= 11 is 0. The molecule has 1 aliphatic heterocycles. The van der Waals surface area contributed by atoms with Crippen molar-refractivity contribution in [2.24, 2.45) is 23.2 Å². The van der Waals surface area contributed by atoms with E-state index in [0.717, 1.165) is 35.6 Å². The van der Waals surface area contributed by atoms with Crippen molar-refractivity contribution in [3.8, 4) is 6.07 Å². The lowest BCUT2D eigenvalue weighted by atomic mass is 9.48. The topological polar surface area (TPSA) is 94.2 Å². The van der Waals surface area contributed by atoms with Crippen molar-refractivity contribution in [2.45, 2.75) is 63.6 Å². The van der Waals surface area contributed by atoms with Crippen molar-refractivity contribution in [3.05, 3.63) is 53.6 Å². The average Bonchev–Trinajstić information content (AvgIpc) is 3.29. The van der Waals surface area contributed by atoms with Gasteiger partial charge in [-0.25, -0.2) is 4.98 Å². The number of nitriles is 1. The highest BCUT2D eigenvalue weighted by Gasteiger charge is 2.54. The van der Waals surface area contributed by atoms with E-state index in [1.165, 1.54) is 38.5 Å². The minimum absolute atomic E-state index is 0.0447. The standard InChI is InChI=1S/C28H35N5O2/c29-14-19-1-3-20(4-2-19)16-33-18-30-15-25(33)24(32-6-5-31-27(35)17-32)10-26(34)28-11-21-7-22(12-28)9-23(8-21)13-28/h1-4,15,18,21-24,26,34H,5-13,16-17H2,(H,31,35). The fourth-order valence-corrected chi connectivity index (χ4v) is 8.05. The molecule has 4 bridgehead atoms. The van der Waals surface area contributed by atoms with Crippen LogP contribution in [-0.4, -0.2) is 51.2 Å². The summed E-state index contributed by atoms with van der Waals surface area (Å²) < 4.78 is 2.14. The third-order valence-corrected chi connectivity index (χ3v) is 9.27. The number of nitrogens with one attached hydrogen (secondary N) is 1. The van der Waals surface area contributed by atoms with E-state index in [1.807, 2.05) is 36.8 Å². The number of aliphatic hydroxyl groups excluding tert-OH is 1. The Morgan fingerprint density at radius 1 is 1.14 bits per heavy atom. The first-order valence-corrected chi connectivity index (χ1v) is 13.2. The number of nitrogens with zero attached hydrogens (tertiary/aromatic N) is 4. The van der Waals surface area contributed by atoms with Gasteiger partial charge in [0, 0.05) is 25.8 Å². The molecule has 4 aliphatic carbocycles. The summed E-state index contributed by atoms with van der Waals surface area (Å²) in [6, 6.07) is 9.76. The first-order valence-electron chi connectivity index (χ1n) is 13.2. The Labute approximate surface area is 207 Å². The summed E-state index contributed by atoms with van der Waals surface area (Å²) in [6.07, 6.45) is 11.6. The summed E-state index contributed by atoms with van der Waals surface area (Å²) in [5.41, 5.74) is 2.84. The van der Waals surface area contributed by atoms with Crippen molar-refractivity contribution >= 4 is 5.91 Å². The van der Waals surface area contributed by atoms with Gasteiger partial charge in [-0.15, -0.1) is 0 Å². The monoisotopic (exact) mass is 473 g/mol. The van der Waals surface area contributed by atoms with E-state index in [2.05, 4.69) is 25.8 Å². The fraction of sp³-hybridized carbons (Fsp3) is 0.607. The maximum absolute atomic E-state index is 12.3. The van der Waals surface area contributed by atoms with Crippen LogP contribution < -0.4 is 5.32 Å². The summed E-state index contributed by atoms with van der Waals surface area (Å²) in [5.74, 6) is 2.41. The van der Waals surface area contributed by atoms with Gasteiger partial charge in [0.2, 0.25) is 5.91 Å². The first kappa shape index (κ1) is 22.8. The van der Waals surface area contributed by atoms with Gasteiger partial charge in [-0.05, 0) is 85.8 Å². The van der Waals surface area contributed by atoms with Gasteiger partial charge in [0.05, 0.1) is 42.3 Å². The number of piperazine rings is 1. The van der Waals surface area contributed by atoms with Crippen LogP contribution in [0.1, 0.15) is 67.8 Å². The fourth-order valence-electron chi connectivity index (χ4n) is 8.05. The third kappa shape index (κ3) is 4.39. The van der Waals surface area contributed by atoms with E-state index < -0.39 is 0 Å². The normalized spacial score (nSPS) is 31.7. The molecule has 0 radical (unpaired) electrons. The lowest BCUT2D eigenvalue weighted by Crippen LogP contribution is -2.54. The first-order chi connectivity index (χ1) is 17.0. The number of rotatable bonds is 7. The van der Waals surface area contributed by atoms with Crippen LogP contribution in [0.4, 0.5) is 0 Å². The predicted molar refractivity (Wildman–Crippen MR) is 131 cm³/mol. The largest absolute Gasteiger partial charge is 0.392 e. The Kier molecular flexibility index (Phi) is 5.90. The maximum atomic E-state index is 12.3. The summed E-state index contributed by atoms with van der Waals surface area (Å²) in [4.78, 5) is 19.0. The number of benzene rings is 1. The Morgan fingerprint density at radius 2 is 1.83 bits per heavy atom. The Balaban J connectivity index is 1.27. The molecule has 5 aliphatic rings. The van der Waals surface area contributed by atoms with E-state index >= 15 is 0 Å². The number of hydrogen-bond acceptors (Lipinski definition) is 5. The molecule has 5 fully saturated rings. The third-order valence-electron chi connectivity index (χ3n) is 9.27. The smallest absolute Gasteiger partial charge is 0.234 e. The molecule has 184 valence electrons. The molecular formula is C28H35N5O2. The zero-order valence-corrected chi connectivity index (χ0v) is 20.3. The van der Waals surface area contributed by atoms with Gasteiger partial charge >= 0.3 is 0 Å². The van der Waals surface area contributed by atoms with Crippen LogP contribution in [0.15, 0.2) is 36.8 Å². The second kappa shape index (κ2) is 9.07. The van der Waals surface area contributed by atoms with Gasteiger partial charge in [-0.1, -0.05) is 12.1 Å². The number of hydrogen-bond donors (Lipinski definition) is 2. The molecule has 7 heteroatoms. The van der Waals surface area contributed by atoms with Crippen LogP contribution in [0.2, 0.25) is 0 Å². The number of imidazole rings is 1.